The summed E-state index contributed by atoms with van der Waals surface area (Å²) in [6, 6.07) is 7.77. The van der Waals surface area contributed by atoms with E-state index in [1.54, 1.807) is 32.9 Å². The van der Waals surface area contributed by atoms with Crippen molar-refractivity contribution in [2.24, 2.45) is 0 Å². The van der Waals surface area contributed by atoms with Crippen molar-refractivity contribution in [1.29, 1.82) is 0 Å². The number of pyridine rings is 1. The molecule has 0 saturated carbocycles. The zero-order valence-corrected chi connectivity index (χ0v) is 21.9. The molecule has 0 fully saturated rings. The largest absolute Gasteiger partial charge is 0.464 e. The molecule has 38 heavy (non-hydrogen) atoms. The SMILES string of the molecule is CC(C)(C)OC(=O)N(Cc1c(Cl)cccc1Cl)c1nc(-c2ccc(CO)nc2)cnc1N(C(=O)O)C(=O)O. The highest BCUT2D eigenvalue weighted by molar-refractivity contribution is 6.36. The molecular weight excluding hydrogens is 541 g/mol. The Balaban J connectivity index is 2.29. The molecule has 2 heterocycles. The van der Waals surface area contributed by atoms with Gasteiger partial charge < -0.3 is 20.1 Å². The summed E-state index contributed by atoms with van der Waals surface area (Å²) < 4.78 is 5.52. The molecule has 1 aromatic carbocycles. The monoisotopic (exact) mass is 563 g/mol. The van der Waals surface area contributed by atoms with Crippen molar-refractivity contribution in [3.63, 3.8) is 0 Å². The second-order valence-corrected chi connectivity index (χ2v) is 9.58. The lowest BCUT2D eigenvalue weighted by atomic mass is 10.2. The molecule has 14 heteroatoms. The number of benzene rings is 1. The van der Waals surface area contributed by atoms with E-state index < -0.39 is 35.5 Å². The van der Waals surface area contributed by atoms with Crippen LogP contribution >= 0.6 is 23.2 Å². The molecule has 0 radical (unpaired) electrons. The first-order chi connectivity index (χ1) is 17.8. The molecule has 12 nitrogen and oxygen atoms in total. The van der Waals surface area contributed by atoms with Crippen molar-refractivity contribution >= 4 is 53.1 Å². The van der Waals surface area contributed by atoms with E-state index in [1.807, 2.05) is 0 Å². The van der Waals surface area contributed by atoms with E-state index in [-0.39, 0.29) is 39.4 Å². The third-order valence-corrected chi connectivity index (χ3v) is 5.57. The Bertz CT molecular complexity index is 1330. The van der Waals surface area contributed by atoms with E-state index in [0.717, 1.165) is 11.1 Å². The lowest BCUT2D eigenvalue weighted by molar-refractivity contribution is 0.0576. The van der Waals surface area contributed by atoms with Crippen LogP contribution in [0, 0.1) is 0 Å². The van der Waals surface area contributed by atoms with Crippen LogP contribution in [0.1, 0.15) is 32.0 Å². The fraction of sp³-hybridized carbons (Fsp3) is 0.250. The molecule has 0 atom stereocenters. The number of aliphatic hydroxyl groups is 1. The van der Waals surface area contributed by atoms with Crippen molar-refractivity contribution in [3.8, 4) is 11.3 Å². The summed E-state index contributed by atoms with van der Waals surface area (Å²) >= 11 is 12.7. The smallest absolute Gasteiger partial charge is 0.422 e. The maximum absolute atomic E-state index is 13.4. The third-order valence-electron chi connectivity index (χ3n) is 4.86. The first-order valence-electron chi connectivity index (χ1n) is 10.9. The molecule has 3 rings (SSSR count). The van der Waals surface area contributed by atoms with Crippen LogP contribution < -0.4 is 9.80 Å². The molecule has 0 aliphatic heterocycles. The van der Waals surface area contributed by atoms with Crippen LogP contribution in [0.15, 0.2) is 42.7 Å². The van der Waals surface area contributed by atoms with Gasteiger partial charge in [0.2, 0.25) is 0 Å². The zero-order chi connectivity index (χ0) is 28.2. The van der Waals surface area contributed by atoms with E-state index in [4.69, 9.17) is 27.9 Å². The molecular formula is C24H23Cl2N5O7. The Kier molecular flexibility index (Phi) is 8.71. The predicted molar refractivity (Wildman–Crippen MR) is 139 cm³/mol. The number of nitrogens with zero attached hydrogens (tertiary/aromatic N) is 5. The minimum Gasteiger partial charge on any atom is -0.464 e. The summed E-state index contributed by atoms with van der Waals surface area (Å²) in [4.78, 5) is 50.5. The minimum atomic E-state index is -1.88. The van der Waals surface area contributed by atoms with Crippen LogP contribution in [-0.2, 0) is 17.9 Å². The van der Waals surface area contributed by atoms with E-state index in [0.29, 0.717) is 11.3 Å². The Morgan fingerprint density at radius 1 is 0.947 bits per heavy atom. The van der Waals surface area contributed by atoms with Gasteiger partial charge in [0.15, 0.2) is 11.6 Å². The highest BCUT2D eigenvalue weighted by Gasteiger charge is 2.34. The number of aliphatic hydroxyl groups excluding tert-OH is 1. The van der Waals surface area contributed by atoms with Crippen molar-refractivity contribution in [2.75, 3.05) is 9.80 Å². The van der Waals surface area contributed by atoms with E-state index in [9.17, 15) is 29.7 Å². The maximum Gasteiger partial charge on any atom is 0.422 e. The number of imide groups is 1. The molecule has 3 aromatic rings. The summed E-state index contributed by atoms with van der Waals surface area (Å²) in [5, 5.41) is 28.9. The molecule has 0 bridgehead atoms. The average molecular weight is 564 g/mol. The van der Waals surface area contributed by atoms with Crippen LogP contribution in [0.3, 0.4) is 0 Å². The van der Waals surface area contributed by atoms with Gasteiger partial charge in [-0.25, -0.2) is 24.4 Å². The number of hydrogen-bond donors (Lipinski definition) is 3. The van der Waals surface area contributed by atoms with Gasteiger partial charge in [-0.2, -0.15) is 4.90 Å². The van der Waals surface area contributed by atoms with Crippen LogP contribution in [0.4, 0.5) is 26.0 Å². The second kappa shape index (κ2) is 11.6. The number of carbonyl (C=O) groups is 3. The molecule has 3 amide bonds. The Morgan fingerprint density at radius 2 is 1.58 bits per heavy atom. The van der Waals surface area contributed by atoms with Crippen molar-refractivity contribution in [1.82, 2.24) is 15.0 Å². The number of aromatic nitrogens is 3. The molecule has 0 saturated heterocycles. The van der Waals surface area contributed by atoms with Crippen LogP contribution in [0.5, 0.6) is 0 Å². The fourth-order valence-corrected chi connectivity index (χ4v) is 3.68. The minimum absolute atomic E-state index is 0.0786. The van der Waals surface area contributed by atoms with Gasteiger partial charge in [-0.05, 0) is 45.0 Å². The van der Waals surface area contributed by atoms with Crippen molar-refractivity contribution < 1.29 is 34.4 Å². The Morgan fingerprint density at radius 3 is 2.08 bits per heavy atom. The third kappa shape index (κ3) is 6.65. The molecule has 0 spiro atoms. The molecule has 0 unspecified atom stereocenters. The normalized spacial score (nSPS) is 11.1. The lowest BCUT2D eigenvalue weighted by Crippen LogP contribution is -2.41. The lowest BCUT2D eigenvalue weighted by Gasteiger charge is -2.29. The second-order valence-electron chi connectivity index (χ2n) is 8.77. The van der Waals surface area contributed by atoms with Gasteiger partial charge in [0.05, 0.1) is 30.7 Å². The average Bonchev–Trinajstić information content (AvgIpc) is 2.83. The van der Waals surface area contributed by atoms with Crippen LogP contribution in [0.2, 0.25) is 10.0 Å². The number of anilines is 2. The van der Waals surface area contributed by atoms with Crippen LogP contribution in [-0.4, -0.2) is 54.2 Å². The first-order valence-corrected chi connectivity index (χ1v) is 11.7. The van der Waals surface area contributed by atoms with Gasteiger partial charge in [0.1, 0.15) is 5.60 Å². The standard InChI is InChI=1S/C24H23Cl2N5O7/c1-24(2,3)38-23(37)30(11-15-16(25)5-4-6-17(15)26)20-19(31(21(33)34)22(35)36)28-10-18(29-20)13-7-8-14(12-32)27-9-13/h4-10,32H,11-12H2,1-3H3,(H,33,34)(H,35,36). The van der Waals surface area contributed by atoms with Gasteiger partial charge in [0, 0.05) is 27.4 Å². The summed E-state index contributed by atoms with van der Waals surface area (Å²) in [7, 11) is 0. The summed E-state index contributed by atoms with van der Waals surface area (Å²) in [5.74, 6) is -1.13. The summed E-state index contributed by atoms with van der Waals surface area (Å²) in [6.45, 7) is 4.18. The molecule has 2 aromatic heterocycles. The number of carboxylic acid groups (broad SMARTS) is 2. The zero-order valence-electron chi connectivity index (χ0n) is 20.4. The van der Waals surface area contributed by atoms with E-state index in [1.165, 1.54) is 24.4 Å². The predicted octanol–water partition coefficient (Wildman–Crippen LogP) is 5.44. The van der Waals surface area contributed by atoms with Gasteiger partial charge in [0.25, 0.3) is 0 Å². The van der Waals surface area contributed by atoms with Gasteiger partial charge in [-0.15, -0.1) is 0 Å². The van der Waals surface area contributed by atoms with Crippen molar-refractivity contribution in [2.45, 2.75) is 39.5 Å². The summed E-state index contributed by atoms with van der Waals surface area (Å²) in [5.41, 5.74) is 0.167. The quantitative estimate of drug-likeness (QED) is 0.351. The maximum atomic E-state index is 13.4. The van der Waals surface area contributed by atoms with Crippen LogP contribution in [0.25, 0.3) is 11.3 Å². The number of rotatable bonds is 6. The van der Waals surface area contributed by atoms with Crippen molar-refractivity contribution in [3.05, 3.63) is 64.0 Å². The van der Waals surface area contributed by atoms with Gasteiger partial charge in [-0.1, -0.05) is 29.3 Å². The first kappa shape index (κ1) is 28.6. The van der Waals surface area contributed by atoms with Gasteiger partial charge >= 0.3 is 18.3 Å². The fourth-order valence-electron chi connectivity index (χ4n) is 3.17. The number of carbonyl (C=O) groups excluding carboxylic acids is 1. The molecule has 200 valence electrons. The van der Waals surface area contributed by atoms with E-state index >= 15 is 0 Å². The highest BCUT2D eigenvalue weighted by atomic mass is 35.5. The van der Waals surface area contributed by atoms with Gasteiger partial charge in [-0.3, -0.25) is 9.88 Å². The molecule has 0 aliphatic rings. The van der Waals surface area contributed by atoms with E-state index in [2.05, 4.69) is 15.0 Å². The highest BCUT2D eigenvalue weighted by Crippen LogP contribution is 2.34. The summed E-state index contributed by atoms with van der Waals surface area (Å²) in [6.07, 6.45) is -2.24. The number of ether oxygens (including phenoxy) is 1. The number of amides is 3. The Labute approximate surface area is 227 Å². The topological polar surface area (TPSA) is 166 Å². The Hall–Kier alpha value is -4.00. The number of hydrogen-bond acceptors (Lipinski definition) is 8. The number of halogens is 2. The molecule has 3 N–H and O–H groups in total. The molecule has 0 aliphatic carbocycles.